The predicted molar refractivity (Wildman–Crippen MR) is 85.8 cm³/mol. The van der Waals surface area contributed by atoms with E-state index in [0.717, 1.165) is 13.1 Å². The van der Waals surface area contributed by atoms with E-state index in [1.165, 1.54) is 37.0 Å². The van der Waals surface area contributed by atoms with Gasteiger partial charge in [0.15, 0.2) is 5.17 Å². The third-order valence-electron chi connectivity index (χ3n) is 3.60. The first-order chi connectivity index (χ1) is 9.24. The zero-order valence-corrected chi connectivity index (χ0v) is 12.6. The van der Waals surface area contributed by atoms with Crippen LogP contribution in [-0.2, 0) is 0 Å². The highest BCUT2D eigenvalue weighted by Gasteiger charge is 2.31. The second-order valence-corrected chi connectivity index (χ2v) is 7.07. The number of rotatable bonds is 1. The van der Waals surface area contributed by atoms with Gasteiger partial charge in [-0.25, -0.2) is 0 Å². The zero-order chi connectivity index (χ0) is 13.0. The van der Waals surface area contributed by atoms with Gasteiger partial charge in [0.05, 0.1) is 12.2 Å². The van der Waals surface area contributed by atoms with Gasteiger partial charge >= 0.3 is 0 Å². The van der Waals surface area contributed by atoms with Gasteiger partial charge in [-0.3, -0.25) is 4.99 Å². The standard InChI is InChI=1S/C15H14N2S2/c1-9-7-11-3-6-18-14(11)12(8-9)13-10(2)19-15-16-4-5-17(13)15/h3,6-8H,4-5H2,1-2H3. The fourth-order valence-corrected chi connectivity index (χ4v) is 4.78. The summed E-state index contributed by atoms with van der Waals surface area (Å²) in [6, 6.07) is 6.80. The summed E-state index contributed by atoms with van der Waals surface area (Å²) < 4.78 is 1.40. The van der Waals surface area contributed by atoms with E-state index >= 15 is 0 Å². The van der Waals surface area contributed by atoms with E-state index in [9.17, 15) is 0 Å². The van der Waals surface area contributed by atoms with Gasteiger partial charge in [-0.1, -0.05) is 17.8 Å². The Kier molecular flexibility index (Phi) is 2.50. The molecule has 1 aromatic carbocycles. The summed E-state index contributed by atoms with van der Waals surface area (Å²) in [4.78, 5) is 8.34. The number of fused-ring (bicyclic) bond motifs is 2. The molecule has 0 saturated carbocycles. The molecule has 4 heteroatoms. The Morgan fingerprint density at radius 2 is 2.16 bits per heavy atom. The molecular formula is C15H14N2S2. The Morgan fingerprint density at radius 1 is 1.26 bits per heavy atom. The van der Waals surface area contributed by atoms with Crippen molar-refractivity contribution in [3.05, 3.63) is 39.6 Å². The van der Waals surface area contributed by atoms with Crippen LogP contribution in [0, 0.1) is 6.92 Å². The van der Waals surface area contributed by atoms with Gasteiger partial charge in [-0.15, -0.1) is 11.3 Å². The van der Waals surface area contributed by atoms with Crippen LogP contribution in [0.15, 0.2) is 33.5 Å². The number of allylic oxidation sites excluding steroid dienone is 1. The Hall–Kier alpha value is -1.26. The molecule has 0 fully saturated rings. The van der Waals surface area contributed by atoms with E-state index in [-0.39, 0.29) is 0 Å². The van der Waals surface area contributed by atoms with Crippen molar-refractivity contribution >= 4 is 44.0 Å². The first kappa shape index (κ1) is 11.6. The lowest BCUT2D eigenvalue weighted by molar-refractivity contribution is 0.648. The van der Waals surface area contributed by atoms with E-state index < -0.39 is 0 Å². The summed E-state index contributed by atoms with van der Waals surface area (Å²) in [7, 11) is 0. The number of aliphatic imine (C=N–C) groups is 1. The third-order valence-corrected chi connectivity index (χ3v) is 5.60. The lowest BCUT2D eigenvalue weighted by Gasteiger charge is -2.18. The van der Waals surface area contributed by atoms with Crippen LogP contribution in [0.5, 0.6) is 0 Å². The number of aryl methyl sites for hydroxylation is 1. The molecular weight excluding hydrogens is 272 g/mol. The highest BCUT2D eigenvalue weighted by molar-refractivity contribution is 8.17. The van der Waals surface area contributed by atoms with Crippen LogP contribution in [0.25, 0.3) is 15.8 Å². The maximum Gasteiger partial charge on any atom is 0.168 e. The summed E-state index contributed by atoms with van der Waals surface area (Å²) in [5, 5.41) is 4.72. The number of thioether (sulfide) groups is 1. The van der Waals surface area contributed by atoms with Gasteiger partial charge < -0.3 is 4.90 Å². The van der Waals surface area contributed by atoms with Gasteiger partial charge in [-0.2, -0.15) is 0 Å². The lowest BCUT2D eigenvalue weighted by atomic mass is 10.0. The summed E-state index contributed by atoms with van der Waals surface area (Å²) in [6.45, 7) is 6.34. The number of amidine groups is 1. The first-order valence-electron chi connectivity index (χ1n) is 6.43. The molecule has 0 amide bonds. The second-order valence-electron chi connectivity index (χ2n) is 4.97. The van der Waals surface area contributed by atoms with Crippen LogP contribution >= 0.6 is 23.1 Å². The Bertz CT molecular complexity index is 740. The van der Waals surface area contributed by atoms with E-state index in [1.807, 2.05) is 23.1 Å². The molecule has 0 bridgehead atoms. The molecule has 2 nitrogen and oxygen atoms in total. The molecule has 0 radical (unpaired) electrons. The Morgan fingerprint density at radius 3 is 3.05 bits per heavy atom. The average molecular weight is 286 g/mol. The van der Waals surface area contributed by atoms with Gasteiger partial charge in [-0.05, 0) is 42.3 Å². The highest BCUT2D eigenvalue weighted by Crippen LogP contribution is 2.44. The van der Waals surface area contributed by atoms with Crippen molar-refractivity contribution in [2.24, 2.45) is 4.99 Å². The lowest BCUT2D eigenvalue weighted by Crippen LogP contribution is -2.20. The number of hydrogen-bond donors (Lipinski definition) is 0. The molecule has 96 valence electrons. The van der Waals surface area contributed by atoms with Gasteiger partial charge in [0.2, 0.25) is 0 Å². The molecule has 0 N–H and O–H groups in total. The number of thiophene rings is 1. The van der Waals surface area contributed by atoms with Crippen molar-refractivity contribution in [1.29, 1.82) is 0 Å². The molecule has 2 aromatic rings. The third kappa shape index (κ3) is 1.66. The van der Waals surface area contributed by atoms with Crippen molar-refractivity contribution in [1.82, 2.24) is 4.90 Å². The van der Waals surface area contributed by atoms with Crippen molar-refractivity contribution < 1.29 is 0 Å². The second kappa shape index (κ2) is 4.12. The van der Waals surface area contributed by atoms with Crippen molar-refractivity contribution in [3.8, 4) is 0 Å². The maximum atomic E-state index is 4.58. The Labute approximate surface area is 120 Å². The molecule has 4 rings (SSSR count). The summed E-state index contributed by atoms with van der Waals surface area (Å²) >= 11 is 3.65. The predicted octanol–water partition coefficient (Wildman–Crippen LogP) is 4.32. The van der Waals surface area contributed by atoms with Crippen LogP contribution in [0.2, 0.25) is 0 Å². The number of nitrogens with zero attached hydrogens (tertiary/aromatic N) is 2. The number of hydrogen-bond acceptors (Lipinski definition) is 4. The van der Waals surface area contributed by atoms with Crippen molar-refractivity contribution in [2.45, 2.75) is 13.8 Å². The summed E-state index contributed by atoms with van der Waals surface area (Å²) in [6.07, 6.45) is 0. The van der Waals surface area contributed by atoms with Crippen molar-refractivity contribution in [3.63, 3.8) is 0 Å². The average Bonchev–Trinajstić information content (AvgIpc) is 3.02. The minimum Gasteiger partial charge on any atom is -0.318 e. The van der Waals surface area contributed by atoms with Gasteiger partial charge in [0, 0.05) is 21.7 Å². The minimum absolute atomic E-state index is 0.929. The smallest absolute Gasteiger partial charge is 0.168 e. The van der Waals surface area contributed by atoms with Crippen LogP contribution in [0.1, 0.15) is 18.1 Å². The topological polar surface area (TPSA) is 15.6 Å². The van der Waals surface area contributed by atoms with E-state index in [2.05, 4.69) is 47.3 Å². The largest absolute Gasteiger partial charge is 0.318 e. The molecule has 0 spiro atoms. The van der Waals surface area contributed by atoms with Crippen LogP contribution in [0.3, 0.4) is 0 Å². The normalized spacial score (nSPS) is 18.4. The monoisotopic (exact) mass is 286 g/mol. The van der Waals surface area contributed by atoms with Gasteiger partial charge in [0.25, 0.3) is 0 Å². The molecule has 3 heterocycles. The van der Waals surface area contributed by atoms with E-state index in [0.29, 0.717) is 0 Å². The molecule has 0 saturated heterocycles. The highest BCUT2D eigenvalue weighted by atomic mass is 32.2. The zero-order valence-electron chi connectivity index (χ0n) is 10.9. The maximum absolute atomic E-state index is 4.58. The minimum atomic E-state index is 0.929. The quantitative estimate of drug-likeness (QED) is 0.776. The molecule has 0 unspecified atom stereocenters. The summed E-state index contributed by atoms with van der Waals surface area (Å²) in [5.74, 6) is 0. The van der Waals surface area contributed by atoms with E-state index in [4.69, 9.17) is 0 Å². The molecule has 2 aliphatic rings. The molecule has 1 aromatic heterocycles. The molecule has 0 aliphatic carbocycles. The molecule has 0 atom stereocenters. The fraction of sp³-hybridized carbons (Fsp3) is 0.267. The number of benzene rings is 1. The summed E-state index contributed by atoms with van der Waals surface area (Å²) in [5.41, 5.74) is 4.08. The first-order valence-corrected chi connectivity index (χ1v) is 8.12. The SMILES string of the molecule is CC1=C(c2cc(C)cc3ccsc23)N2CCN=C2S1. The molecule has 2 aliphatic heterocycles. The van der Waals surface area contributed by atoms with E-state index in [1.54, 1.807) is 0 Å². The van der Waals surface area contributed by atoms with Crippen LogP contribution < -0.4 is 0 Å². The van der Waals surface area contributed by atoms with Gasteiger partial charge in [0.1, 0.15) is 0 Å². The van der Waals surface area contributed by atoms with Crippen LogP contribution in [0.4, 0.5) is 0 Å². The molecule has 19 heavy (non-hydrogen) atoms. The van der Waals surface area contributed by atoms with Crippen LogP contribution in [-0.4, -0.2) is 23.2 Å². The Balaban J connectivity index is 1.97. The van der Waals surface area contributed by atoms with Crippen molar-refractivity contribution in [2.75, 3.05) is 13.1 Å². The fourth-order valence-electron chi connectivity index (χ4n) is 2.84.